The maximum atomic E-state index is 12.4. The summed E-state index contributed by atoms with van der Waals surface area (Å²) in [5.41, 5.74) is 2.02. The van der Waals surface area contributed by atoms with Gasteiger partial charge < -0.3 is 15.1 Å². The van der Waals surface area contributed by atoms with Crippen molar-refractivity contribution in [3.8, 4) is 0 Å². The highest BCUT2D eigenvalue weighted by molar-refractivity contribution is 7.00. The van der Waals surface area contributed by atoms with Crippen molar-refractivity contribution in [2.24, 2.45) is 0 Å². The van der Waals surface area contributed by atoms with Crippen LogP contribution in [0.2, 0.25) is 0 Å². The smallest absolute Gasteiger partial charge is 0.251 e. The fraction of sp³-hybridized carbons (Fsp3) is 0.333. The molecule has 0 saturated carbocycles. The van der Waals surface area contributed by atoms with E-state index in [2.05, 4.69) is 29.0 Å². The SMILES string of the molecule is CN(C)c1nc(CNC(=O)c2ccc3nsnc3c2)nc(N(C)C)n1. The number of hydrogen-bond acceptors (Lipinski definition) is 9. The molecule has 25 heavy (non-hydrogen) atoms. The summed E-state index contributed by atoms with van der Waals surface area (Å²) in [4.78, 5) is 29.0. The highest BCUT2D eigenvalue weighted by Gasteiger charge is 2.12. The number of anilines is 2. The Morgan fingerprint density at radius 3 is 2.28 bits per heavy atom. The van der Waals surface area contributed by atoms with E-state index in [1.807, 2.05) is 28.2 Å². The van der Waals surface area contributed by atoms with E-state index in [4.69, 9.17) is 0 Å². The summed E-state index contributed by atoms with van der Waals surface area (Å²) in [6.07, 6.45) is 0. The molecule has 2 heterocycles. The van der Waals surface area contributed by atoms with Crippen molar-refractivity contribution in [3.05, 3.63) is 29.6 Å². The molecule has 0 atom stereocenters. The Balaban J connectivity index is 1.76. The molecule has 2 aromatic heterocycles. The molecule has 1 aromatic carbocycles. The minimum Gasteiger partial charge on any atom is -0.347 e. The first-order chi connectivity index (χ1) is 11.9. The van der Waals surface area contributed by atoms with Crippen LogP contribution in [0.5, 0.6) is 0 Å². The van der Waals surface area contributed by atoms with Gasteiger partial charge in [-0.3, -0.25) is 4.79 Å². The second-order valence-corrected chi connectivity index (χ2v) is 6.32. The fourth-order valence-electron chi connectivity index (χ4n) is 2.06. The molecule has 3 aromatic rings. The van der Waals surface area contributed by atoms with E-state index < -0.39 is 0 Å². The highest BCUT2D eigenvalue weighted by Crippen LogP contribution is 2.14. The number of nitrogens with zero attached hydrogens (tertiary/aromatic N) is 7. The van der Waals surface area contributed by atoms with Crippen LogP contribution in [0.15, 0.2) is 18.2 Å². The number of carbonyl (C=O) groups is 1. The van der Waals surface area contributed by atoms with Gasteiger partial charge in [-0.15, -0.1) is 0 Å². The first-order valence-corrected chi connectivity index (χ1v) is 8.27. The van der Waals surface area contributed by atoms with Crippen LogP contribution >= 0.6 is 11.7 Å². The fourth-order valence-corrected chi connectivity index (χ4v) is 2.58. The molecule has 3 rings (SSSR count). The van der Waals surface area contributed by atoms with E-state index >= 15 is 0 Å². The van der Waals surface area contributed by atoms with Crippen LogP contribution in [0.25, 0.3) is 11.0 Å². The Bertz CT molecular complexity index is 881. The highest BCUT2D eigenvalue weighted by atomic mass is 32.1. The monoisotopic (exact) mass is 358 g/mol. The van der Waals surface area contributed by atoms with Crippen LogP contribution in [0.1, 0.15) is 16.2 Å². The van der Waals surface area contributed by atoms with E-state index in [1.54, 1.807) is 28.0 Å². The molecule has 0 radical (unpaired) electrons. The molecular weight excluding hydrogens is 340 g/mol. The van der Waals surface area contributed by atoms with Crippen molar-refractivity contribution in [1.82, 2.24) is 29.0 Å². The van der Waals surface area contributed by atoms with Crippen LogP contribution in [-0.4, -0.2) is 57.8 Å². The molecule has 0 saturated heterocycles. The second-order valence-electron chi connectivity index (χ2n) is 5.79. The Morgan fingerprint density at radius 1 is 1.00 bits per heavy atom. The third kappa shape index (κ3) is 3.79. The predicted octanol–water partition coefficient (Wildman–Crippen LogP) is 0.938. The molecule has 0 spiro atoms. The van der Waals surface area contributed by atoms with Crippen LogP contribution < -0.4 is 15.1 Å². The third-order valence-corrected chi connectivity index (χ3v) is 3.94. The van der Waals surface area contributed by atoms with Crippen molar-refractivity contribution < 1.29 is 4.79 Å². The maximum absolute atomic E-state index is 12.4. The molecular formula is C15H18N8OS. The van der Waals surface area contributed by atoms with Gasteiger partial charge in [0.15, 0.2) is 5.82 Å². The number of nitrogens with one attached hydrogen (secondary N) is 1. The van der Waals surface area contributed by atoms with Gasteiger partial charge in [-0.1, -0.05) is 0 Å². The van der Waals surface area contributed by atoms with Gasteiger partial charge in [-0.25, -0.2) is 0 Å². The summed E-state index contributed by atoms with van der Waals surface area (Å²) in [6.45, 7) is 0.205. The van der Waals surface area contributed by atoms with Crippen molar-refractivity contribution in [1.29, 1.82) is 0 Å². The third-order valence-electron chi connectivity index (χ3n) is 3.38. The van der Waals surface area contributed by atoms with Gasteiger partial charge in [0.25, 0.3) is 5.91 Å². The zero-order valence-electron chi connectivity index (χ0n) is 14.4. The molecule has 0 unspecified atom stereocenters. The first-order valence-electron chi connectivity index (χ1n) is 7.54. The van der Waals surface area contributed by atoms with Crippen molar-refractivity contribution in [2.75, 3.05) is 38.0 Å². The first kappa shape index (κ1) is 17.0. The van der Waals surface area contributed by atoms with Gasteiger partial charge in [0, 0.05) is 33.8 Å². The van der Waals surface area contributed by atoms with Crippen LogP contribution in [0.3, 0.4) is 0 Å². The van der Waals surface area contributed by atoms with Gasteiger partial charge in [-0.05, 0) is 18.2 Å². The topological polar surface area (TPSA) is 100 Å². The number of rotatable bonds is 5. The average Bonchev–Trinajstić information content (AvgIpc) is 3.06. The lowest BCUT2D eigenvalue weighted by Crippen LogP contribution is -2.26. The van der Waals surface area contributed by atoms with Crippen LogP contribution in [-0.2, 0) is 6.54 Å². The number of carbonyl (C=O) groups excluding carboxylic acids is 1. The van der Waals surface area contributed by atoms with Gasteiger partial charge >= 0.3 is 0 Å². The van der Waals surface area contributed by atoms with Gasteiger partial charge in [0.2, 0.25) is 11.9 Å². The van der Waals surface area contributed by atoms with E-state index in [9.17, 15) is 4.79 Å². The predicted molar refractivity (Wildman–Crippen MR) is 97.1 cm³/mol. The van der Waals surface area contributed by atoms with Crippen molar-refractivity contribution in [2.45, 2.75) is 6.54 Å². The minimum atomic E-state index is -0.215. The number of fused-ring (bicyclic) bond motifs is 1. The molecule has 9 nitrogen and oxygen atoms in total. The van der Waals surface area contributed by atoms with E-state index in [0.29, 0.717) is 28.8 Å². The summed E-state index contributed by atoms with van der Waals surface area (Å²) in [6, 6.07) is 5.23. The number of hydrogen-bond donors (Lipinski definition) is 1. The second kappa shape index (κ2) is 6.93. The quantitative estimate of drug-likeness (QED) is 0.719. The Hall–Kier alpha value is -2.88. The molecule has 0 aliphatic carbocycles. The molecule has 1 amide bonds. The van der Waals surface area contributed by atoms with Gasteiger partial charge in [0.05, 0.1) is 18.3 Å². The lowest BCUT2D eigenvalue weighted by molar-refractivity contribution is 0.0950. The van der Waals surface area contributed by atoms with Gasteiger partial charge in [0.1, 0.15) is 11.0 Å². The number of aromatic nitrogens is 5. The Morgan fingerprint density at radius 2 is 1.64 bits per heavy atom. The van der Waals surface area contributed by atoms with Crippen molar-refractivity contribution in [3.63, 3.8) is 0 Å². The summed E-state index contributed by atoms with van der Waals surface area (Å²) >= 11 is 1.12. The zero-order valence-corrected chi connectivity index (χ0v) is 15.2. The van der Waals surface area contributed by atoms with Crippen LogP contribution in [0.4, 0.5) is 11.9 Å². The molecule has 0 aliphatic rings. The standard InChI is InChI=1S/C15H18N8OS/c1-22(2)14-17-12(18-15(19-14)23(3)4)8-16-13(24)9-5-6-10-11(7-9)21-25-20-10/h5-7H,8H2,1-4H3,(H,16,24). The number of benzene rings is 1. The zero-order chi connectivity index (χ0) is 18.0. The molecule has 0 fully saturated rings. The lowest BCUT2D eigenvalue weighted by atomic mass is 10.2. The normalized spacial score (nSPS) is 10.7. The van der Waals surface area contributed by atoms with E-state index in [0.717, 1.165) is 17.2 Å². The Labute approximate surface area is 149 Å². The molecule has 130 valence electrons. The summed E-state index contributed by atoms with van der Waals surface area (Å²) in [5.74, 6) is 1.36. The molecule has 1 N–H and O–H groups in total. The Kier molecular flexibility index (Phi) is 4.70. The minimum absolute atomic E-state index is 0.205. The average molecular weight is 358 g/mol. The number of amides is 1. The molecule has 10 heteroatoms. The summed E-state index contributed by atoms with van der Waals surface area (Å²) in [5, 5.41) is 2.83. The van der Waals surface area contributed by atoms with Crippen LogP contribution in [0, 0.1) is 0 Å². The lowest BCUT2D eigenvalue weighted by Gasteiger charge is -2.16. The molecule has 0 aliphatic heterocycles. The van der Waals surface area contributed by atoms with E-state index in [-0.39, 0.29) is 12.5 Å². The summed E-state index contributed by atoms with van der Waals surface area (Å²) < 4.78 is 8.28. The van der Waals surface area contributed by atoms with Gasteiger partial charge in [-0.2, -0.15) is 23.7 Å². The largest absolute Gasteiger partial charge is 0.347 e. The van der Waals surface area contributed by atoms with Crippen molar-refractivity contribution >= 4 is 40.6 Å². The maximum Gasteiger partial charge on any atom is 0.251 e. The molecule has 0 bridgehead atoms. The summed E-state index contributed by atoms with van der Waals surface area (Å²) in [7, 11) is 7.42. The van der Waals surface area contributed by atoms with E-state index in [1.165, 1.54) is 0 Å².